The topological polar surface area (TPSA) is 110 Å². The summed E-state index contributed by atoms with van der Waals surface area (Å²) in [5.74, 6) is 0.0503. The summed E-state index contributed by atoms with van der Waals surface area (Å²) in [6.07, 6.45) is 6.93. The van der Waals surface area contributed by atoms with Gasteiger partial charge in [-0.25, -0.2) is 0 Å². The predicted octanol–water partition coefficient (Wildman–Crippen LogP) is 0.121. The van der Waals surface area contributed by atoms with E-state index in [-0.39, 0.29) is 5.92 Å². The molecule has 0 aromatic heterocycles. The van der Waals surface area contributed by atoms with Crippen LogP contribution < -0.4 is 0 Å². The first kappa shape index (κ1) is 20.7. The molecule has 1 fully saturated rings. The fourth-order valence-electron chi connectivity index (χ4n) is 4.03. The molecule has 5 N–H and O–H groups in total. The van der Waals surface area contributed by atoms with Crippen LogP contribution in [-0.4, -0.2) is 62.3 Å². The summed E-state index contributed by atoms with van der Waals surface area (Å²) >= 11 is 0. The van der Waals surface area contributed by atoms with Gasteiger partial charge < -0.3 is 30.3 Å². The third kappa shape index (κ3) is 3.31. The molecule has 0 amide bonds. The lowest BCUT2D eigenvalue weighted by Gasteiger charge is -2.55. The Kier molecular flexibility index (Phi) is 5.78. The summed E-state index contributed by atoms with van der Waals surface area (Å²) in [6, 6.07) is 7.47. The average molecular weight is 386 g/mol. The molecule has 6 nitrogen and oxygen atoms in total. The zero-order valence-corrected chi connectivity index (χ0v) is 15.6. The molecule has 1 aromatic rings. The van der Waals surface area contributed by atoms with Gasteiger partial charge in [-0.3, -0.25) is 0 Å². The first-order valence-electron chi connectivity index (χ1n) is 9.23. The molecule has 1 aromatic carbocycles. The van der Waals surface area contributed by atoms with E-state index in [2.05, 4.69) is 5.92 Å². The number of terminal acetylenes is 1. The predicted molar refractivity (Wildman–Crippen MR) is 103 cm³/mol. The number of ether oxygens (including phenoxy) is 1. The second kappa shape index (κ2) is 7.80. The van der Waals surface area contributed by atoms with Crippen molar-refractivity contribution in [2.45, 2.75) is 43.5 Å². The van der Waals surface area contributed by atoms with Crippen LogP contribution in [0.25, 0.3) is 0 Å². The van der Waals surface area contributed by atoms with E-state index in [1.54, 1.807) is 19.1 Å². The standard InChI is InChI=1S/C22H26O6/c1-3-14-7-9-15(10-8-14)12-16-6-4-5-11-21(16,2)22(27)20(26)19(25)18(24)17(13-23)28-22/h1,4-11,16-20,23-27H,12-13H2,2H3/t16?,17-,18-,19+,20-,21?,22+/m1/s1. The molecule has 0 saturated carbocycles. The lowest BCUT2D eigenvalue weighted by molar-refractivity contribution is -0.384. The van der Waals surface area contributed by atoms with Crippen molar-refractivity contribution in [3.63, 3.8) is 0 Å². The largest absolute Gasteiger partial charge is 0.394 e. The monoisotopic (exact) mass is 386 g/mol. The van der Waals surface area contributed by atoms with E-state index in [1.165, 1.54) is 0 Å². The van der Waals surface area contributed by atoms with Gasteiger partial charge in [0.1, 0.15) is 24.4 Å². The summed E-state index contributed by atoms with van der Waals surface area (Å²) in [5.41, 5.74) is 0.599. The SMILES string of the molecule is C#Cc1ccc(CC2C=CC=CC2(C)[C@@]2(O)O[C@H](CO)[C@@H](O)[C@H](O)[C@H]2O)cc1. The van der Waals surface area contributed by atoms with Crippen molar-refractivity contribution in [1.82, 2.24) is 0 Å². The number of rotatable bonds is 4. The van der Waals surface area contributed by atoms with Gasteiger partial charge in [0.25, 0.3) is 0 Å². The highest BCUT2D eigenvalue weighted by Crippen LogP contribution is 2.49. The maximum absolute atomic E-state index is 11.4. The number of aliphatic hydroxyl groups excluding tert-OH is 4. The van der Waals surface area contributed by atoms with Gasteiger partial charge in [-0.2, -0.15) is 0 Å². The lowest BCUT2D eigenvalue weighted by atomic mass is 9.63. The summed E-state index contributed by atoms with van der Waals surface area (Å²) in [7, 11) is 0. The molecule has 0 radical (unpaired) electrons. The van der Waals surface area contributed by atoms with E-state index < -0.39 is 42.2 Å². The zero-order valence-electron chi connectivity index (χ0n) is 15.6. The van der Waals surface area contributed by atoms with Gasteiger partial charge in [-0.05, 0) is 30.0 Å². The van der Waals surface area contributed by atoms with E-state index >= 15 is 0 Å². The van der Waals surface area contributed by atoms with Crippen molar-refractivity contribution in [1.29, 1.82) is 0 Å². The van der Waals surface area contributed by atoms with Gasteiger partial charge in [0.05, 0.1) is 6.61 Å². The van der Waals surface area contributed by atoms with Crippen LogP contribution in [0.1, 0.15) is 18.1 Å². The third-order valence-corrected chi connectivity index (χ3v) is 5.98. The van der Waals surface area contributed by atoms with E-state index in [4.69, 9.17) is 11.2 Å². The number of hydrogen-bond donors (Lipinski definition) is 5. The molecule has 2 aliphatic rings. The summed E-state index contributed by atoms with van der Waals surface area (Å²) in [5, 5.41) is 51.7. The molecule has 1 heterocycles. The van der Waals surface area contributed by atoms with Crippen LogP contribution in [0.3, 0.4) is 0 Å². The molecule has 150 valence electrons. The van der Waals surface area contributed by atoms with Crippen molar-refractivity contribution in [3.05, 3.63) is 59.7 Å². The smallest absolute Gasteiger partial charge is 0.204 e. The zero-order chi connectivity index (χ0) is 20.5. The second-order valence-electron chi connectivity index (χ2n) is 7.64. The minimum atomic E-state index is -2.22. The molecule has 1 aliphatic heterocycles. The minimum Gasteiger partial charge on any atom is -0.394 e. The first-order valence-corrected chi connectivity index (χ1v) is 9.23. The summed E-state index contributed by atoms with van der Waals surface area (Å²) in [6.45, 7) is 1.11. The second-order valence-corrected chi connectivity index (χ2v) is 7.64. The van der Waals surface area contributed by atoms with Gasteiger partial charge in [-0.1, -0.05) is 49.3 Å². The molecule has 7 atom stereocenters. The molecule has 28 heavy (non-hydrogen) atoms. The van der Waals surface area contributed by atoms with Crippen molar-refractivity contribution < 1.29 is 30.3 Å². The van der Waals surface area contributed by atoms with Crippen molar-refractivity contribution >= 4 is 0 Å². The minimum absolute atomic E-state index is 0.296. The molecule has 1 aliphatic carbocycles. The number of aliphatic hydroxyl groups is 5. The van der Waals surface area contributed by atoms with Gasteiger partial charge in [-0.15, -0.1) is 6.42 Å². The molecule has 6 heteroatoms. The molecular weight excluding hydrogens is 360 g/mol. The Labute approximate surface area is 164 Å². The Morgan fingerprint density at radius 3 is 2.39 bits per heavy atom. The van der Waals surface area contributed by atoms with E-state index in [0.29, 0.717) is 6.42 Å². The number of allylic oxidation sites excluding steroid dienone is 3. The Bertz CT molecular complexity index is 792. The Morgan fingerprint density at radius 1 is 1.11 bits per heavy atom. The van der Waals surface area contributed by atoms with Gasteiger partial charge in [0.15, 0.2) is 0 Å². The van der Waals surface area contributed by atoms with Crippen LogP contribution in [0.4, 0.5) is 0 Å². The van der Waals surface area contributed by atoms with Crippen LogP contribution >= 0.6 is 0 Å². The maximum atomic E-state index is 11.4. The fraction of sp³-hybridized carbons (Fsp3) is 0.455. The van der Waals surface area contributed by atoms with Gasteiger partial charge in [0.2, 0.25) is 5.79 Å². The Balaban J connectivity index is 1.95. The van der Waals surface area contributed by atoms with Gasteiger partial charge >= 0.3 is 0 Å². The van der Waals surface area contributed by atoms with Crippen LogP contribution in [-0.2, 0) is 11.2 Å². The Morgan fingerprint density at radius 2 is 1.79 bits per heavy atom. The molecular formula is C22H26O6. The average Bonchev–Trinajstić information content (AvgIpc) is 2.71. The highest BCUT2D eigenvalue weighted by atomic mass is 16.7. The quantitative estimate of drug-likeness (QED) is 0.470. The van der Waals surface area contributed by atoms with Crippen molar-refractivity contribution in [2.75, 3.05) is 6.61 Å². The van der Waals surface area contributed by atoms with Crippen molar-refractivity contribution in [2.24, 2.45) is 11.3 Å². The van der Waals surface area contributed by atoms with E-state index in [0.717, 1.165) is 11.1 Å². The van der Waals surface area contributed by atoms with Crippen LogP contribution in [0.15, 0.2) is 48.6 Å². The third-order valence-electron chi connectivity index (χ3n) is 5.98. The fourth-order valence-corrected chi connectivity index (χ4v) is 4.03. The van der Waals surface area contributed by atoms with E-state index in [9.17, 15) is 25.5 Å². The van der Waals surface area contributed by atoms with Crippen LogP contribution in [0.5, 0.6) is 0 Å². The van der Waals surface area contributed by atoms with Crippen LogP contribution in [0.2, 0.25) is 0 Å². The van der Waals surface area contributed by atoms with E-state index in [1.807, 2.05) is 36.4 Å². The molecule has 0 spiro atoms. The maximum Gasteiger partial charge on any atom is 0.204 e. The summed E-state index contributed by atoms with van der Waals surface area (Å²) < 4.78 is 5.60. The molecule has 3 rings (SSSR count). The lowest BCUT2D eigenvalue weighted by Crippen LogP contribution is -2.71. The highest BCUT2D eigenvalue weighted by Gasteiger charge is 2.62. The normalized spacial score (nSPS) is 40.2. The highest BCUT2D eigenvalue weighted by molar-refractivity contribution is 5.35. The first-order chi connectivity index (χ1) is 13.3. The van der Waals surface area contributed by atoms with Crippen molar-refractivity contribution in [3.8, 4) is 12.3 Å². The molecule has 0 bridgehead atoms. The van der Waals surface area contributed by atoms with Gasteiger partial charge in [0, 0.05) is 11.0 Å². The summed E-state index contributed by atoms with van der Waals surface area (Å²) in [4.78, 5) is 0. The van der Waals surface area contributed by atoms with Crippen LogP contribution in [0, 0.1) is 23.7 Å². The molecule has 1 saturated heterocycles. The number of hydrogen-bond acceptors (Lipinski definition) is 6. The number of benzene rings is 1. The Hall–Kier alpha value is -1.98. The molecule has 2 unspecified atom stereocenters.